The van der Waals surface area contributed by atoms with Crippen LogP contribution in [0.15, 0.2) is 33.9 Å². The molecule has 0 radical (unpaired) electrons. The van der Waals surface area contributed by atoms with Gasteiger partial charge in [-0.05, 0) is 13.0 Å². The van der Waals surface area contributed by atoms with Crippen LogP contribution in [0.4, 0.5) is 0 Å². The van der Waals surface area contributed by atoms with Crippen molar-refractivity contribution in [3.8, 4) is 0 Å². The number of hydrogen-bond donors (Lipinski definition) is 0. The van der Waals surface area contributed by atoms with Crippen LogP contribution in [0.1, 0.15) is 13.3 Å². The molecule has 1 unspecified atom stereocenters. The normalized spacial score (nSPS) is 25.5. The molecule has 66 valence electrons. The van der Waals surface area contributed by atoms with Gasteiger partial charge in [-0.2, -0.15) is 9.98 Å². The topological polar surface area (TPSA) is 58.9 Å². The van der Waals surface area contributed by atoms with Crippen LogP contribution in [0, 0.1) is 0 Å². The van der Waals surface area contributed by atoms with E-state index < -0.39 is 5.54 Å². The highest BCUT2D eigenvalue weighted by Crippen LogP contribution is 2.26. The first-order valence-corrected chi connectivity index (χ1v) is 3.75. The van der Waals surface area contributed by atoms with E-state index in [2.05, 4.69) is 9.98 Å². The van der Waals surface area contributed by atoms with Crippen LogP contribution >= 0.6 is 0 Å². The van der Waals surface area contributed by atoms with Crippen LogP contribution in [-0.2, 0) is 9.59 Å². The van der Waals surface area contributed by atoms with Crippen LogP contribution < -0.4 is 0 Å². The maximum Gasteiger partial charge on any atom is 0.240 e. The number of aliphatic imine (C=N–C) groups is 2. The van der Waals surface area contributed by atoms with Crippen molar-refractivity contribution >= 4 is 12.2 Å². The van der Waals surface area contributed by atoms with E-state index in [1.165, 1.54) is 12.2 Å². The zero-order valence-corrected chi connectivity index (χ0v) is 7.15. The summed E-state index contributed by atoms with van der Waals surface area (Å²) < 4.78 is 0. The van der Waals surface area contributed by atoms with Gasteiger partial charge in [0, 0.05) is 6.42 Å². The van der Waals surface area contributed by atoms with E-state index in [1.807, 2.05) is 0 Å². The molecule has 1 rings (SSSR count). The molecule has 0 amide bonds. The fourth-order valence-electron chi connectivity index (χ4n) is 1.17. The van der Waals surface area contributed by atoms with Crippen molar-refractivity contribution in [1.82, 2.24) is 0 Å². The lowest BCUT2D eigenvalue weighted by Crippen LogP contribution is -2.20. The minimum Gasteiger partial charge on any atom is -0.211 e. The molecule has 0 fully saturated rings. The molecule has 4 nitrogen and oxygen atoms in total. The Hall–Kier alpha value is -1.76. The predicted molar refractivity (Wildman–Crippen MR) is 46.5 cm³/mol. The molecular formula is C9H8N2O2. The minimum absolute atomic E-state index is 0.425. The molecule has 1 aliphatic rings. The summed E-state index contributed by atoms with van der Waals surface area (Å²) in [6, 6.07) is 0. The van der Waals surface area contributed by atoms with Gasteiger partial charge in [0.05, 0.1) is 11.2 Å². The molecule has 0 bridgehead atoms. The van der Waals surface area contributed by atoms with Crippen LogP contribution in [0.2, 0.25) is 0 Å². The van der Waals surface area contributed by atoms with E-state index in [0.717, 1.165) is 0 Å². The molecule has 0 aliphatic heterocycles. The summed E-state index contributed by atoms with van der Waals surface area (Å²) in [5.74, 6) is 0. The molecular weight excluding hydrogens is 168 g/mol. The third-order valence-electron chi connectivity index (χ3n) is 1.77. The number of rotatable bonds is 2. The average Bonchev–Trinajstić information content (AvgIpc) is 2.04. The maximum atomic E-state index is 10.1. The molecule has 4 heteroatoms. The third kappa shape index (κ3) is 2.34. The molecule has 0 saturated carbocycles. The number of hydrogen-bond acceptors (Lipinski definition) is 4. The molecule has 1 aliphatic carbocycles. The third-order valence-corrected chi connectivity index (χ3v) is 1.77. The number of nitrogens with zero attached hydrogens (tertiary/aromatic N) is 2. The molecule has 0 aromatic rings. The van der Waals surface area contributed by atoms with Crippen molar-refractivity contribution in [3.05, 3.63) is 23.9 Å². The van der Waals surface area contributed by atoms with Crippen LogP contribution in [-0.4, -0.2) is 17.7 Å². The van der Waals surface area contributed by atoms with Crippen molar-refractivity contribution < 1.29 is 9.59 Å². The van der Waals surface area contributed by atoms with Gasteiger partial charge >= 0.3 is 0 Å². The monoisotopic (exact) mass is 176 g/mol. The van der Waals surface area contributed by atoms with Crippen molar-refractivity contribution in [3.63, 3.8) is 0 Å². The van der Waals surface area contributed by atoms with Gasteiger partial charge in [0.15, 0.2) is 0 Å². The lowest BCUT2D eigenvalue weighted by atomic mass is 9.92. The quantitative estimate of drug-likeness (QED) is 0.469. The van der Waals surface area contributed by atoms with Gasteiger partial charge in [0.25, 0.3) is 0 Å². The van der Waals surface area contributed by atoms with Crippen molar-refractivity contribution in [2.24, 2.45) is 9.98 Å². The van der Waals surface area contributed by atoms with Crippen LogP contribution in [0.5, 0.6) is 0 Å². The lowest BCUT2D eigenvalue weighted by molar-refractivity contribution is 0.530. The molecule has 0 saturated heterocycles. The van der Waals surface area contributed by atoms with Crippen LogP contribution in [0.25, 0.3) is 0 Å². The highest BCUT2D eigenvalue weighted by atomic mass is 16.1. The van der Waals surface area contributed by atoms with Crippen molar-refractivity contribution in [2.75, 3.05) is 0 Å². The molecule has 0 spiro atoms. The Morgan fingerprint density at radius 1 is 1.46 bits per heavy atom. The van der Waals surface area contributed by atoms with Crippen molar-refractivity contribution in [1.29, 1.82) is 0 Å². The fraction of sp³-hybridized carbons (Fsp3) is 0.333. The summed E-state index contributed by atoms with van der Waals surface area (Å²) in [6.07, 6.45) is 8.53. The van der Waals surface area contributed by atoms with E-state index in [1.54, 1.807) is 25.2 Å². The summed E-state index contributed by atoms with van der Waals surface area (Å²) in [7, 11) is 0. The lowest BCUT2D eigenvalue weighted by Gasteiger charge is -2.20. The Bertz CT molecular complexity index is 358. The summed E-state index contributed by atoms with van der Waals surface area (Å²) in [5, 5.41) is 0. The van der Waals surface area contributed by atoms with E-state index in [9.17, 15) is 9.59 Å². The number of allylic oxidation sites excluding steroid dienone is 2. The summed E-state index contributed by atoms with van der Waals surface area (Å²) >= 11 is 0. The van der Waals surface area contributed by atoms with Gasteiger partial charge in [-0.1, -0.05) is 12.2 Å². The summed E-state index contributed by atoms with van der Waals surface area (Å²) in [5.41, 5.74) is -0.0503. The molecule has 0 N–H and O–H groups in total. The number of isocyanates is 2. The molecule has 1 atom stereocenters. The number of carbonyl (C=O) groups excluding carboxylic acids is 2. The second-order valence-corrected chi connectivity index (χ2v) is 2.96. The Morgan fingerprint density at radius 2 is 2.23 bits per heavy atom. The van der Waals surface area contributed by atoms with E-state index in [-0.39, 0.29) is 0 Å². The Labute approximate surface area is 75.4 Å². The van der Waals surface area contributed by atoms with Gasteiger partial charge in [0.1, 0.15) is 0 Å². The van der Waals surface area contributed by atoms with E-state index in [0.29, 0.717) is 12.1 Å². The first-order chi connectivity index (χ1) is 6.20. The smallest absolute Gasteiger partial charge is 0.211 e. The zero-order valence-electron chi connectivity index (χ0n) is 7.15. The Balaban J connectivity index is 2.91. The standard InChI is InChI=1S/C9H8N2O2/c1-9(11-7-13)4-2-3-8(5-9)10-6-12/h2-4H,5H2,1H3. The zero-order chi connectivity index (χ0) is 9.73. The van der Waals surface area contributed by atoms with Gasteiger partial charge in [-0.25, -0.2) is 9.59 Å². The first kappa shape index (κ1) is 9.33. The van der Waals surface area contributed by atoms with Crippen molar-refractivity contribution in [2.45, 2.75) is 18.9 Å². The van der Waals surface area contributed by atoms with Gasteiger partial charge in [-0.15, -0.1) is 0 Å². The summed E-state index contributed by atoms with van der Waals surface area (Å²) in [4.78, 5) is 27.2. The fourth-order valence-corrected chi connectivity index (χ4v) is 1.17. The predicted octanol–water partition coefficient (Wildman–Crippen LogP) is 1.26. The average molecular weight is 176 g/mol. The molecule has 0 heterocycles. The highest BCUT2D eigenvalue weighted by Gasteiger charge is 2.23. The van der Waals surface area contributed by atoms with Gasteiger partial charge < -0.3 is 0 Å². The Morgan fingerprint density at radius 3 is 2.85 bits per heavy atom. The van der Waals surface area contributed by atoms with Gasteiger partial charge in [0.2, 0.25) is 12.2 Å². The largest absolute Gasteiger partial charge is 0.240 e. The second-order valence-electron chi connectivity index (χ2n) is 2.96. The first-order valence-electron chi connectivity index (χ1n) is 3.75. The van der Waals surface area contributed by atoms with Crippen LogP contribution in [0.3, 0.4) is 0 Å². The SMILES string of the molecule is CC1(N=C=O)C=CC=C(N=C=O)C1. The summed E-state index contributed by atoms with van der Waals surface area (Å²) in [6.45, 7) is 1.77. The highest BCUT2D eigenvalue weighted by molar-refractivity contribution is 5.42. The maximum absolute atomic E-state index is 10.1. The van der Waals surface area contributed by atoms with Gasteiger partial charge in [-0.3, -0.25) is 0 Å². The molecule has 0 aromatic heterocycles. The van der Waals surface area contributed by atoms with E-state index in [4.69, 9.17) is 0 Å². The van der Waals surface area contributed by atoms with E-state index >= 15 is 0 Å². The Kier molecular flexibility index (Phi) is 2.70. The molecule has 13 heavy (non-hydrogen) atoms. The second kappa shape index (κ2) is 3.76. The molecule has 0 aromatic carbocycles. The minimum atomic E-state index is -0.619.